The van der Waals surface area contributed by atoms with Gasteiger partial charge in [-0.1, -0.05) is 22.0 Å². The van der Waals surface area contributed by atoms with Gasteiger partial charge in [-0.05, 0) is 55.8 Å². The molecule has 2 aromatic carbocycles. The molecule has 3 aromatic rings. The number of amides is 1. The Morgan fingerprint density at radius 3 is 2.63 bits per heavy atom. The molecule has 0 aliphatic carbocycles. The summed E-state index contributed by atoms with van der Waals surface area (Å²) in [6.45, 7) is 3.76. The summed E-state index contributed by atoms with van der Waals surface area (Å²) < 4.78 is 6.13. The number of carbonyl (C=O) groups excluding carboxylic acids is 1. The van der Waals surface area contributed by atoms with Crippen molar-refractivity contribution in [2.24, 2.45) is 15.3 Å². The molecule has 1 unspecified atom stereocenters. The molecule has 7 nitrogen and oxygen atoms in total. The molecule has 1 aliphatic rings. The van der Waals surface area contributed by atoms with Gasteiger partial charge in [-0.15, -0.1) is 11.3 Å². The number of azo groups is 1. The van der Waals surface area contributed by atoms with Crippen molar-refractivity contribution < 1.29 is 9.53 Å². The zero-order chi connectivity index (χ0) is 21.3. The molecule has 0 N–H and O–H groups in total. The maximum absolute atomic E-state index is 12.9. The van der Waals surface area contributed by atoms with Gasteiger partial charge in [0.15, 0.2) is 6.04 Å². The van der Waals surface area contributed by atoms with Crippen LogP contribution in [0.2, 0.25) is 0 Å². The Morgan fingerprint density at radius 2 is 1.93 bits per heavy atom. The number of anilines is 1. The van der Waals surface area contributed by atoms with Crippen LogP contribution in [-0.4, -0.2) is 29.8 Å². The van der Waals surface area contributed by atoms with Crippen LogP contribution in [-0.2, 0) is 4.79 Å². The zero-order valence-corrected chi connectivity index (χ0v) is 18.9. The van der Waals surface area contributed by atoms with Gasteiger partial charge in [0.2, 0.25) is 5.13 Å². The molecular formula is C21H18BrN5O2S. The van der Waals surface area contributed by atoms with E-state index in [2.05, 4.69) is 36.2 Å². The van der Waals surface area contributed by atoms with Crippen LogP contribution in [0, 0.1) is 6.92 Å². The van der Waals surface area contributed by atoms with E-state index >= 15 is 0 Å². The standard InChI is InChI=1S/C21H18BrN5O2S/c1-12-4-7-15(10-17(12)22)24-25-19-13(2)26-27(20(19)28)21-23-18(11-30-21)14-5-8-16(29-3)9-6-14/h4-11,19H,1-3H3. The minimum absolute atomic E-state index is 0.266. The third kappa shape index (κ3) is 4.03. The van der Waals surface area contributed by atoms with Crippen LogP contribution in [0.4, 0.5) is 10.8 Å². The van der Waals surface area contributed by atoms with Gasteiger partial charge >= 0.3 is 0 Å². The van der Waals surface area contributed by atoms with Crippen molar-refractivity contribution >= 4 is 49.7 Å². The van der Waals surface area contributed by atoms with E-state index in [0.29, 0.717) is 16.5 Å². The van der Waals surface area contributed by atoms with Crippen molar-refractivity contribution in [3.8, 4) is 17.0 Å². The molecule has 0 saturated carbocycles. The van der Waals surface area contributed by atoms with Gasteiger partial charge in [0, 0.05) is 15.4 Å². The first-order chi connectivity index (χ1) is 14.5. The van der Waals surface area contributed by atoms with Gasteiger partial charge in [0.05, 0.1) is 24.2 Å². The summed E-state index contributed by atoms with van der Waals surface area (Å²) in [7, 11) is 1.63. The van der Waals surface area contributed by atoms with E-state index < -0.39 is 6.04 Å². The van der Waals surface area contributed by atoms with Crippen molar-refractivity contribution in [3.63, 3.8) is 0 Å². The number of ether oxygens (including phenoxy) is 1. The Balaban J connectivity index is 1.52. The first kappa shape index (κ1) is 20.4. The summed E-state index contributed by atoms with van der Waals surface area (Å²) in [4.78, 5) is 17.5. The van der Waals surface area contributed by atoms with Crippen molar-refractivity contribution in [1.29, 1.82) is 0 Å². The van der Waals surface area contributed by atoms with E-state index in [-0.39, 0.29) is 5.91 Å². The van der Waals surface area contributed by atoms with Crippen molar-refractivity contribution in [1.82, 2.24) is 4.98 Å². The number of halogens is 1. The number of hydrogen-bond donors (Lipinski definition) is 0. The first-order valence-electron chi connectivity index (χ1n) is 9.12. The molecule has 1 aliphatic heterocycles. The molecular weight excluding hydrogens is 466 g/mol. The monoisotopic (exact) mass is 483 g/mol. The lowest BCUT2D eigenvalue weighted by atomic mass is 10.2. The summed E-state index contributed by atoms with van der Waals surface area (Å²) in [6.07, 6.45) is 0. The van der Waals surface area contributed by atoms with Gasteiger partial charge < -0.3 is 4.74 Å². The topological polar surface area (TPSA) is 79.5 Å². The van der Waals surface area contributed by atoms with Crippen molar-refractivity contribution in [2.45, 2.75) is 19.9 Å². The van der Waals surface area contributed by atoms with E-state index in [4.69, 9.17) is 4.74 Å². The van der Waals surface area contributed by atoms with Crippen LogP contribution in [0.25, 0.3) is 11.3 Å². The first-order valence-corrected chi connectivity index (χ1v) is 10.8. The zero-order valence-electron chi connectivity index (χ0n) is 16.5. The van der Waals surface area contributed by atoms with E-state index in [0.717, 1.165) is 27.0 Å². The number of benzene rings is 2. The van der Waals surface area contributed by atoms with E-state index in [9.17, 15) is 4.79 Å². The summed E-state index contributed by atoms with van der Waals surface area (Å²) in [5.41, 5.74) is 4.06. The predicted octanol–water partition coefficient (Wildman–Crippen LogP) is 5.76. The minimum atomic E-state index is -0.751. The molecule has 1 aromatic heterocycles. The fourth-order valence-electron chi connectivity index (χ4n) is 2.85. The Kier molecular flexibility index (Phi) is 5.74. The normalized spacial score (nSPS) is 16.4. The van der Waals surface area contributed by atoms with Crippen LogP contribution in [0.5, 0.6) is 5.75 Å². The Bertz CT molecular complexity index is 1160. The molecule has 0 fully saturated rings. The van der Waals surface area contributed by atoms with Gasteiger partial charge in [0.1, 0.15) is 5.75 Å². The van der Waals surface area contributed by atoms with Crippen LogP contribution in [0.1, 0.15) is 12.5 Å². The number of hydrogen-bond acceptors (Lipinski definition) is 7. The summed E-state index contributed by atoms with van der Waals surface area (Å²) in [6, 6.07) is 12.5. The average molecular weight is 484 g/mol. The van der Waals surface area contributed by atoms with Gasteiger partial charge in [0.25, 0.3) is 5.91 Å². The molecule has 30 heavy (non-hydrogen) atoms. The highest BCUT2D eigenvalue weighted by atomic mass is 79.9. The number of rotatable bonds is 5. The fraction of sp³-hybridized carbons (Fsp3) is 0.190. The average Bonchev–Trinajstić information content (AvgIpc) is 3.34. The number of methoxy groups -OCH3 is 1. The summed E-state index contributed by atoms with van der Waals surface area (Å²) in [5.74, 6) is 0.510. The minimum Gasteiger partial charge on any atom is -0.497 e. The highest BCUT2D eigenvalue weighted by molar-refractivity contribution is 9.10. The van der Waals surface area contributed by atoms with Crippen LogP contribution in [0.15, 0.2) is 67.6 Å². The third-order valence-corrected chi connectivity index (χ3v) is 6.27. The Morgan fingerprint density at radius 1 is 1.17 bits per heavy atom. The molecule has 0 radical (unpaired) electrons. The van der Waals surface area contributed by atoms with E-state index in [1.54, 1.807) is 14.0 Å². The second-order valence-electron chi connectivity index (χ2n) is 6.69. The lowest BCUT2D eigenvalue weighted by Crippen LogP contribution is -2.29. The highest BCUT2D eigenvalue weighted by Crippen LogP contribution is 2.31. The highest BCUT2D eigenvalue weighted by Gasteiger charge is 2.36. The van der Waals surface area contributed by atoms with Gasteiger partial charge in [-0.2, -0.15) is 20.3 Å². The quantitative estimate of drug-likeness (QED) is 0.432. The molecule has 0 spiro atoms. The maximum atomic E-state index is 12.9. The number of nitrogens with zero attached hydrogens (tertiary/aromatic N) is 5. The van der Waals surface area contributed by atoms with Crippen molar-refractivity contribution in [2.75, 3.05) is 12.1 Å². The molecule has 1 amide bonds. The molecule has 152 valence electrons. The Hall–Kier alpha value is -2.91. The van der Waals surface area contributed by atoms with Gasteiger partial charge in [-0.3, -0.25) is 4.79 Å². The molecule has 9 heteroatoms. The molecule has 2 heterocycles. The lowest BCUT2D eigenvalue weighted by Gasteiger charge is -2.08. The van der Waals surface area contributed by atoms with E-state index in [1.807, 2.05) is 54.8 Å². The maximum Gasteiger partial charge on any atom is 0.282 e. The van der Waals surface area contributed by atoms with Crippen LogP contribution in [0.3, 0.4) is 0 Å². The van der Waals surface area contributed by atoms with E-state index in [1.165, 1.54) is 16.3 Å². The van der Waals surface area contributed by atoms with Crippen LogP contribution < -0.4 is 9.75 Å². The second-order valence-corrected chi connectivity index (χ2v) is 8.38. The molecule has 0 bridgehead atoms. The summed E-state index contributed by atoms with van der Waals surface area (Å²) in [5, 5.41) is 16.5. The number of hydrazone groups is 1. The SMILES string of the molecule is COc1ccc(-c2csc(N3N=C(C)C(N=Nc4ccc(C)c(Br)c4)C3=O)n2)cc1. The molecule has 0 saturated heterocycles. The van der Waals surface area contributed by atoms with Crippen molar-refractivity contribution in [3.05, 3.63) is 57.9 Å². The number of aryl methyl sites for hydroxylation is 1. The number of aromatic nitrogens is 1. The summed E-state index contributed by atoms with van der Waals surface area (Å²) >= 11 is 4.83. The van der Waals surface area contributed by atoms with Crippen LogP contribution >= 0.6 is 27.3 Å². The second kappa shape index (κ2) is 8.45. The van der Waals surface area contributed by atoms with Gasteiger partial charge in [-0.25, -0.2) is 4.98 Å². The fourth-order valence-corrected chi connectivity index (χ4v) is 4.00. The molecule has 4 rings (SSSR count). The lowest BCUT2D eigenvalue weighted by molar-refractivity contribution is -0.117. The predicted molar refractivity (Wildman–Crippen MR) is 122 cm³/mol. The Labute approximate surface area is 186 Å². The number of thiazole rings is 1. The third-order valence-electron chi connectivity index (χ3n) is 4.60. The smallest absolute Gasteiger partial charge is 0.282 e. The largest absolute Gasteiger partial charge is 0.497 e. The molecule has 1 atom stereocenters. The number of carbonyl (C=O) groups is 1.